The molecule has 0 unspecified atom stereocenters. The summed E-state index contributed by atoms with van der Waals surface area (Å²) in [5, 5.41) is 25.1. The average molecular weight is 405 g/mol. The number of urea groups is 1. The lowest BCUT2D eigenvalue weighted by molar-refractivity contribution is -0.0432. The molecule has 0 spiro atoms. The molecule has 3 heterocycles. The van der Waals surface area contributed by atoms with E-state index in [1.54, 1.807) is 28.8 Å². The Morgan fingerprint density at radius 2 is 2.04 bits per heavy atom. The van der Waals surface area contributed by atoms with Crippen LogP contribution in [0.2, 0.25) is 5.02 Å². The summed E-state index contributed by atoms with van der Waals surface area (Å²) in [5.74, 6) is 0.229. The van der Waals surface area contributed by atoms with E-state index in [2.05, 4.69) is 25.6 Å². The number of halogens is 1. The van der Waals surface area contributed by atoms with Gasteiger partial charge in [0.2, 0.25) is 0 Å². The Morgan fingerprint density at radius 3 is 2.75 bits per heavy atom. The number of carbonyl (C=O) groups is 1. The number of aromatic nitrogens is 4. The van der Waals surface area contributed by atoms with Gasteiger partial charge in [-0.3, -0.25) is 9.88 Å². The first-order chi connectivity index (χ1) is 13.5. The van der Waals surface area contributed by atoms with Gasteiger partial charge in [0.1, 0.15) is 18.7 Å². The zero-order valence-electron chi connectivity index (χ0n) is 14.5. The summed E-state index contributed by atoms with van der Waals surface area (Å²) in [5.41, 5.74) is 1.38. The summed E-state index contributed by atoms with van der Waals surface area (Å²) in [7, 11) is 0. The molecule has 4 rings (SSSR count). The summed E-state index contributed by atoms with van der Waals surface area (Å²) in [6, 6.07) is 6.18. The Hall–Kier alpha value is -2.79. The van der Waals surface area contributed by atoms with Gasteiger partial charge in [-0.2, -0.15) is 0 Å². The SMILES string of the molecule is O=C(Nc1ccc(Cl)cc1)Nc1ncnc2c1ncn2[C@H]1C[C@H](O)[C@@H](CO)O1. The van der Waals surface area contributed by atoms with Gasteiger partial charge < -0.3 is 20.3 Å². The largest absolute Gasteiger partial charge is 0.394 e. The first-order valence-corrected chi connectivity index (χ1v) is 8.88. The van der Waals surface area contributed by atoms with Crippen molar-refractivity contribution in [2.24, 2.45) is 0 Å². The molecule has 1 aliphatic rings. The Balaban J connectivity index is 1.53. The molecule has 11 heteroatoms. The molecule has 3 atom stereocenters. The number of amides is 2. The van der Waals surface area contributed by atoms with E-state index >= 15 is 0 Å². The van der Waals surface area contributed by atoms with Gasteiger partial charge in [-0.1, -0.05) is 11.6 Å². The van der Waals surface area contributed by atoms with Crippen molar-refractivity contribution >= 4 is 40.3 Å². The lowest BCUT2D eigenvalue weighted by Crippen LogP contribution is -2.24. The fourth-order valence-corrected chi connectivity index (χ4v) is 3.13. The van der Waals surface area contributed by atoms with Gasteiger partial charge in [-0.25, -0.2) is 19.7 Å². The van der Waals surface area contributed by atoms with Crippen molar-refractivity contribution in [1.82, 2.24) is 19.5 Å². The van der Waals surface area contributed by atoms with Crippen LogP contribution >= 0.6 is 11.6 Å². The highest BCUT2D eigenvalue weighted by Gasteiger charge is 2.35. The highest BCUT2D eigenvalue weighted by atomic mass is 35.5. The fourth-order valence-electron chi connectivity index (χ4n) is 3.01. The van der Waals surface area contributed by atoms with Crippen LogP contribution in [0.3, 0.4) is 0 Å². The zero-order chi connectivity index (χ0) is 19.7. The number of fused-ring (bicyclic) bond motifs is 1. The van der Waals surface area contributed by atoms with Crippen LogP contribution in [0, 0.1) is 0 Å². The molecule has 1 saturated heterocycles. The normalized spacial score (nSPS) is 21.8. The monoisotopic (exact) mass is 404 g/mol. The number of ether oxygens (including phenoxy) is 1. The number of aliphatic hydroxyl groups excluding tert-OH is 2. The third kappa shape index (κ3) is 3.62. The molecule has 2 aromatic heterocycles. The maximum absolute atomic E-state index is 12.3. The van der Waals surface area contributed by atoms with Gasteiger partial charge in [0.15, 0.2) is 17.0 Å². The quantitative estimate of drug-likeness (QED) is 0.520. The van der Waals surface area contributed by atoms with E-state index in [0.717, 1.165) is 0 Å². The highest BCUT2D eigenvalue weighted by Crippen LogP contribution is 2.31. The van der Waals surface area contributed by atoms with Crippen molar-refractivity contribution in [3.63, 3.8) is 0 Å². The van der Waals surface area contributed by atoms with Crippen LogP contribution in [0.5, 0.6) is 0 Å². The van der Waals surface area contributed by atoms with Crippen LogP contribution in [0.1, 0.15) is 12.6 Å². The molecular weight excluding hydrogens is 388 g/mol. The first-order valence-electron chi connectivity index (χ1n) is 8.50. The number of aliphatic hydroxyl groups is 2. The smallest absolute Gasteiger partial charge is 0.324 e. The van der Waals surface area contributed by atoms with E-state index in [-0.39, 0.29) is 12.4 Å². The van der Waals surface area contributed by atoms with Gasteiger partial charge in [0.25, 0.3) is 0 Å². The number of carbonyl (C=O) groups excluding carboxylic acids is 1. The minimum atomic E-state index is -0.781. The van der Waals surface area contributed by atoms with Crippen LogP contribution in [0.4, 0.5) is 16.3 Å². The fraction of sp³-hybridized carbons (Fsp3) is 0.294. The van der Waals surface area contributed by atoms with E-state index in [4.69, 9.17) is 16.3 Å². The summed E-state index contributed by atoms with van der Waals surface area (Å²) >= 11 is 5.83. The van der Waals surface area contributed by atoms with E-state index in [1.807, 2.05) is 0 Å². The molecule has 1 aliphatic heterocycles. The number of anilines is 2. The predicted molar refractivity (Wildman–Crippen MR) is 101 cm³/mol. The van der Waals surface area contributed by atoms with E-state index in [1.165, 1.54) is 12.7 Å². The number of nitrogens with zero attached hydrogens (tertiary/aromatic N) is 4. The van der Waals surface area contributed by atoms with Crippen LogP contribution in [-0.2, 0) is 4.74 Å². The molecule has 0 aliphatic carbocycles. The first kappa shape index (κ1) is 18.6. The number of rotatable bonds is 4. The summed E-state index contributed by atoms with van der Waals surface area (Å²) < 4.78 is 7.27. The van der Waals surface area contributed by atoms with Crippen molar-refractivity contribution in [2.45, 2.75) is 24.9 Å². The standard InChI is InChI=1S/C17H17ClN6O4/c18-9-1-3-10(4-2-9)22-17(27)23-15-14-16(20-7-19-15)24(8-21-14)13-5-11(26)12(6-25)28-13/h1-4,7-8,11-13,25-26H,5-6H2,(H2,19,20,22,23,27)/t11-,12+,13+/m0/s1. The summed E-state index contributed by atoms with van der Waals surface area (Å²) in [6.45, 7) is -0.281. The van der Waals surface area contributed by atoms with Crippen LogP contribution in [0.25, 0.3) is 11.2 Å². The van der Waals surface area contributed by atoms with E-state index in [0.29, 0.717) is 28.3 Å². The Labute approximate surface area is 164 Å². The Kier molecular flexibility index (Phi) is 5.09. The van der Waals surface area contributed by atoms with Crippen molar-refractivity contribution in [3.05, 3.63) is 41.9 Å². The molecule has 0 bridgehead atoms. The molecule has 10 nitrogen and oxygen atoms in total. The van der Waals surface area contributed by atoms with Gasteiger partial charge in [0.05, 0.1) is 19.0 Å². The Bertz CT molecular complexity index is 995. The lowest BCUT2D eigenvalue weighted by atomic mass is 10.2. The third-order valence-electron chi connectivity index (χ3n) is 4.39. The van der Waals surface area contributed by atoms with Gasteiger partial charge in [-0.05, 0) is 24.3 Å². The van der Waals surface area contributed by atoms with E-state index < -0.39 is 24.5 Å². The minimum Gasteiger partial charge on any atom is -0.394 e. The van der Waals surface area contributed by atoms with E-state index in [9.17, 15) is 15.0 Å². The van der Waals surface area contributed by atoms with Crippen molar-refractivity contribution in [3.8, 4) is 0 Å². The second kappa shape index (κ2) is 7.68. The third-order valence-corrected chi connectivity index (χ3v) is 4.64. The highest BCUT2D eigenvalue weighted by molar-refractivity contribution is 6.30. The van der Waals surface area contributed by atoms with Crippen molar-refractivity contribution in [2.75, 3.05) is 17.2 Å². The van der Waals surface area contributed by atoms with Gasteiger partial charge in [0, 0.05) is 17.1 Å². The topological polar surface area (TPSA) is 134 Å². The molecule has 0 radical (unpaired) electrons. The molecule has 4 N–H and O–H groups in total. The summed E-state index contributed by atoms with van der Waals surface area (Å²) in [6.07, 6.45) is 1.12. The molecular formula is C17H17ClN6O4. The number of imidazole rings is 1. The van der Waals surface area contributed by atoms with Crippen molar-refractivity contribution < 1.29 is 19.7 Å². The molecule has 28 heavy (non-hydrogen) atoms. The van der Waals surface area contributed by atoms with Gasteiger partial charge in [-0.15, -0.1) is 0 Å². The number of nitrogens with one attached hydrogen (secondary N) is 2. The maximum atomic E-state index is 12.3. The number of hydrogen-bond acceptors (Lipinski definition) is 7. The van der Waals surface area contributed by atoms with Crippen molar-refractivity contribution in [1.29, 1.82) is 0 Å². The minimum absolute atomic E-state index is 0.229. The van der Waals surface area contributed by atoms with Gasteiger partial charge >= 0.3 is 6.03 Å². The lowest BCUT2D eigenvalue weighted by Gasteiger charge is -2.13. The zero-order valence-corrected chi connectivity index (χ0v) is 15.2. The average Bonchev–Trinajstić information content (AvgIpc) is 3.27. The Morgan fingerprint density at radius 1 is 1.25 bits per heavy atom. The van der Waals surface area contributed by atoms with Crippen LogP contribution < -0.4 is 10.6 Å². The molecule has 0 saturated carbocycles. The second-order valence-electron chi connectivity index (χ2n) is 6.25. The van der Waals surface area contributed by atoms with Crippen LogP contribution in [-0.4, -0.2) is 54.6 Å². The summed E-state index contributed by atoms with van der Waals surface area (Å²) in [4.78, 5) is 24.8. The number of hydrogen-bond donors (Lipinski definition) is 4. The molecule has 1 aromatic carbocycles. The number of benzene rings is 1. The molecule has 146 valence electrons. The molecule has 3 aromatic rings. The molecule has 1 fully saturated rings. The second-order valence-corrected chi connectivity index (χ2v) is 6.68. The predicted octanol–water partition coefficient (Wildman–Crippen LogP) is 1.76. The maximum Gasteiger partial charge on any atom is 0.324 e. The van der Waals surface area contributed by atoms with Crippen LogP contribution in [0.15, 0.2) is 36.9 Å². The molecule has 2 amide bonds.